The molecule has 0 N–H and O–H groups in total. The van der Waals surface area contributed by atoms with Crippen molar-refractivity contribution in [3.05, 3.63) is 35.1 Å². The highest BCUT2D eigenvalue weighted by atomic mass is 19.1. The highest BCUT2D eigenvalue weighted by molar-refractivity contribution is 5.24. The second kappa shape index (κ2) is 7.42. The Bertz CT molecular complexity index is 453. The van der Waals surface area contributed by atoms with Crippen molar-refractivity contribution in [1.82, 2.24) is 4.90 Å². The molecule has 18 heavy (non-hydrogen) atoms. The van der Waals surface area contributed by atoms with E-state index in [-0.39, 0.29) is 5.82 Å². The summed E-state index contributed by atoms with van der Waals surface area (Å²) < 4.78 is 13.6. The van der Waals surface area contributed by atoms with Gasteiger partial charge >= 0.3 is 0 Å². The van der Waals surface area contributed by atoms with Crippen LogP contribution < -0.4 is 0 Å². The third-order valence-electron chi connectivity index (χ3n) is 2.67. The van der Waals surface area contributed by atoms with Crippen LogP contribution in [-0.4, -0.2) is 18.0 Å². The van der Waals surface area contributed by atoms with Gasteiger partial charge in [-0.25, -0.2) is 4.39 Å². The Kier molecular flexibility index (Phi) is 5.84. The van der Waals surface area contributed by atoms with Gasteiger partial charge in [-0.3, -0.25) is 4.90 Å². The van der Waals surface area contributed by atoms with Gasteiger partial charge < -0.3 is 0 Å². The molecule has 1 aromatic rings. The average molecular weight is 245 g/mol. The van der Waals surface area contributed by atoms with E-state index >= 15 is 0 Å². The molecule has 0 aliphatic heterocycles. The second-order valence-electron chi connectivity index (χ2n) is 4.19. The maximum atomic E-state index is 13.6. The van der Waals surface area contributed by atoms with Gasteiger partial charge in [0.1, 0.15) is 5.82 Å². The zero-order chi connectivity index (χ0) is 13.4. The predicted octanol–water partition coefficient (Wildman–Crippen LogP) is 2.76. The van der Waals surface area contributed by atoms with Gasteiger partial charge in [-0.15, -0.1) is 0 Å². The highest BCUT2D eigenvalue weighted by Gasteiger charge is 2.09. The van der Waals surface area contributed by atoms with E-state index in [2.05, 4.69) is 12.1 Å². The molecule has 0 amide bonds. The molecule has 0 aliphatic carbocycles. The Morgan fingerprint density at radius 1 is 1.17 bits per heavy atom. The molecule has 0 radical (unpaired) electrons. The highest BCUT2D eigenvalue weighted by Crippen LogP contribution is 2.13. The summed E-state index contributed by atoms with van der Waals surface area (Å²) in [6.07, 6.45) is 0.776. The molecule has 94 valence electrons. The molecular formula is C14H16FN3. The summed E-state index contributed by atoms with van der Waals surface area (Å²) in [5, 5.41) is 17.2. The first-order valence-electron chi connectivity index (χ1n) is 5.88. The lowest BCUT2D eigenvalue weighted by molar-refractivity contribution is 0.274. The largest absolute Gasteiger partial charge is 0.297 e. The zero-order valence-electron chi connectivity index (χ0n) is 10.5. The van der Waals surface area contributed by atoms with E-state index in [1.165, 1.54) is 6.07 Å². The number of nitrogens with zero attached hydrogens (tertiary/aromatic N) is 3. The average Bonchev–Trinajstić information content (AvgIpc) is 2.37. The van der Waals surface area contributed by atoms with Gasteiger partial charge in [-0.05, 0) is 13.0 Å². The lowest BCUT2D eigenvalue weighted by atomic mass is 10.1. The van der Waals surface area contributed by atoms with Gasteiger partial charge in [-0.2, -0.15) is 10.5 Å². The van der Waals surface area contributed by atoms with Crippen LogP contribution in [0.4, 0.5) is 4.39 Å². The van der Waals surface area contributed by atoms with E-state index in [0.29, 0.717) is 38.0 Å². The first-order chi connectivity index (χ1) is 8.67. The van der Waals surface area contributed by atoms with Crippen LogP contribution in [0.3, 0.4) is 0 Å². The van der Waals surface area contributed by atoms with Crippen molar-refractivity contribution in [2.45, 2.75) is 26.3 Å². The van der Waals surface area contributed by atoms with Crippen molar-refractivity contribution in [3.8, 4) is 12.1 Å². The van der Waals surface area contributed by atoms with Gasteiger partial charge in [0, 0.05) is 38.0 Å². The van der Waals surface area contributed by atoms with Gasteiger partial charge in [0.2, 0.25) is 0 Å². The lowest BCUT2D eigenvalue weighted by Gasteiger charge is -2.20. The SMILES string of the molecule is Cc1ccc(F)c(CN(CCC#N)CCC#N)c1. The second-order valence-corrected chi connectivity index (χ2v) is 4.19. The Labute approximate surface area is 107 Å². The van der Waals surface area contributed by atoms with Gasteiger partial charge in [0.15, 0.2) is 0 Å². The molecule has 1 rings (SSSR count). The fraction of sp³-hybridized carbons (Fsp3) is 0.429. The molecule has 0 aliphatic rings. The molecule has 1 aromatic carbocycles. The molecule has 0 saturated carbocycles. The fourth-order valence-corrected chi connectivity index (χ4v) is 1.75. The quantitative estimate of drug-likeness (QED) is 0.774. The molecule has 0 bridgehead atoms. The molecule has 3 nitrogen and oxygen atoms in total. The molecule has 0 atom stereocenters. The minimum Gasteiger partial charge on any atom is -0.297 e. The first kappa shape index (κ1) is 14.2. The Morgan fingerprint density at radius 2 is 1.78 bits per heavy atom. The topological polar surface area (TPSA) is 50.8 Å². The summed E-state index contributed by atoms with van der Waals surface area (Å²) in [4.78, 5) is 1.93. The monoisotopic (exact) mass is 245 g/mol. The van der Waals surface area contributed by atoms with E-state index in [0.717, 1.165) is 5.56 Å². The minimum absolute atomic E-state index is 0.237. The van der Waals surface area contributed by atoms with Crippen molar-refractivity contribution >= 4 is 0 Å². The third-order valence-corrected chi connectivity index (χ3v) is 2.67. The van der Waals surface area contributed by atoms with Gasteiger partial charge in [0.25, 0.3) is 0 Å². The standard InChI is InChI=1S/C14H16FN3/c1-12-4-5-14(15)13(10-12)11-18(8-2-6-16)9-3-7-17/h4-5,10H,2-3,8-9,11H2,1H3. The van der Waals surface area contributed by atoms with E-state index in [1.807, 2.05) is 11.8 Å². The predicted molar refractivity (Wildman–Crippen MR) is 66.9 cm³/mol. The van der Waals surface area contributed by atoms with E-state index in [1.54, 1.807) is 12.1 Å². The van der Waals surface area contributed by atoms with Crippen LogP contribution in [0.1, 0.15) is 24.0 Å². The van der Waals surface area contributed by atoms with E-state index in [9.17, 15) is 4.39 Å². The maximum Gasteiger partial charge on any atom is 0.127 e. The first-order valence-corrected chi connectivity index (χ1v) is 5.88. The van der Waals surface area contributed by atoms with Gasteiger partial charge in [-0.1, -0.05) is 17.7 Å². The molecule has 0 unspecified atom stereocenters. The van der Waals surface area contributed by atoms with Crippen LogP contribution >= 0.6 is 0 Å². The number of benzene rings is 1. The number of nitriles is 2. The van der Waals surface area contributed by atoms with Crippen LogP contribution in [0.15, 0.2) is 18.2 Å². The number of halogens is 1. The van der Waals surface area contributed by atoms with Crippen LogP contribution in [0.25, 0.3) is 0 Å². The van der Waals surface area contributed by atoms with Crippen LogP contribution in [-0.2, 0) is 6.54 Å². The summed E-state index contributed by atoms with van der Waals surface area (Å²) in [5.41, 5.74) is 1.62. The molecule has 4 heteroatoms. The van der Waals surface area contributed by atoms with E-state index < -0.39 is 0 Å². The number of rotatable bonds is 6. The summed E-state index contributed by atoms with van der Waals surface area (Å²) in [5.74, 6) is -0.237. The third kappa shape index (κ3) is 4.53. The summed E-state index contributed by atoms with van der Waals surface area (Å²) >= 11 is 0. The van der Waals surface area contributed by atoms with Crippen molar-refractivity contribution in [3.63, 3.8) is 0 Å². The molecule has 0 heterocycles. The molecule has 0 spiro atoms. The number of hydrogen-bond donors (Lipinski definition) is 0. The number of hydrogen-bond acceptors (Lipinski definition) is 3. The van der Waals surface area contributed by atoms with Crippen LogP contribution in [0.2, 0.25) is 0 Å². The zero-order valence-corrected chi connectivity index (χ0v) is 10.5. The molecule has 0 fully saturated rings. The molecule has 0 aromatic heterocycles. The molecule has 0 saturated heterocycles. The summed E-state index contributed by atoms with van der Waals surface area (Å²) in [6, 6.07) is 9.13. The Morgan fingerprint density at radius 3 is 2.33 bits per heavy atom. The molecular weight excluding hydrogens is 229 g/mol. The van der Waals surface area contributed by atoms with Crippen LogP contribution in [0, 0.1) is 35.4 Å². The fourth-order valence-electron chi connectivity index (χ4n) is 1.75. The maximum absolute atomic E-state index is 13.6. The van der Waals surface area contributed by atoms with Crippen LogP contribution in [0.5, 0.6) is 0 Å². The smallest absolute Gasteiger partial charge is 0.127 e. The van der Waals surface area contributed by atoms with Gasteiger partial charge in [0.05, 0.1) is 12.1 Å². The Balaban J connectivity index is 2.72. The summed E-state index contributed by atoms with van der Waals surface area (Å²) in [6.45, 7) is 3.48. The normalized spacial score (nSPS) is 10.1. The lowest BCUT2D eigenvalue weighted by Crippen LogP contribution is -2.25. The van der Waals surface area contributed by atoms with Crippen molar-refractivity contribution in [1.29, 1.82) is 10.5 Å². The summed E-state index contributed by atoms with van der Waals surface area (Å²) in [7, 11) is 0. The van der Waals surface area contributed by atoms with E-state index in [4.69, 9.17) is 10.5 Å². The minimum atomic E-state index is -0.237. The van der Waals surface area contributed by atoms with Crippen molar-refractivity contribution in [2.75, 3.05) is 13.1 Å². The van der Waals surface area contributed by atoms with Crippen molar-refractivity contribution in [2.24, 2.45) is 0 Å². The van der Waals surface area contributed by atoms with Crippen molar-refractivity contribution < 1.29 is 4.39 Å². The number of aryl methyl sites for hydroxylation is 1. The Hall–Kier alpha value is -1.91.